The van der Waals surface area contributed by atoms with E-state index in [9.17, 15) is 9.90 Å². The van der Waals surface area contributed by atoms with Crippen LogP contribution in [0.4, 0.5) is 0 Å². The third-order valence-corrected chi connectivity index (χ3v) is 8.13. The monoisotopic (exact) mass is 462 g/mol. The van der Waals surface area contributed by atoms with Crippen molar-refractivity contribution < 1.29 is 14.6 Å². The van der Waals surface area contributed by atoms with Gasteiger partial charge >= 0.3 is 5.97 Å². The number of esters is 1. The third kappa shape index (κ3) is 6.57. The standard InChI is InChI=1S/C26H35ClO3S/c1-3-4-5-6-8-18-11-13-19(14-12-18)25-21(22(27)17-23(25)28)10-7-9-20-15-16-24(31-20)26(29)30-2/h11-16,21-23,25,28H,3-10,17H2,1-2H3/t21-,22?,23+,25?/m0/s1. The first-order valence-corrected chi connectivity index (χ1v) is 12.9. The van der Waals surface area contributed by atoms with Crippen LogP contribution in [0.2, 0.25) is 0 Å². The van der Waals surface area contributed by atoms with E-state index in [-0.39, 0.29) is 29.3 Å². The lowest BCUT2D eigenvalue weighted by Crippen LogP contribution is -2.19. The Morgan fingerprint density at radius 1 is 1.10 bits per heavy atom. The normalized spacial score (nSPS) is 23.2. The molecule has 0 bridgehead atoms. The van der Waals surface area contributed by atoms with Gasteiger partial charge in [0.2, 0.25) is 0 Å². The van der Waals surface area contributed by atoms with Crippen LogP contribution in [0.3, 0.4) is 0 Å². The van der Waals surface area contributed by atoms with E-state index in [4.69, 9.17) is 16.3 Å². The Balaban J connectivity index is 1.57. The first-order chi connectivity index (χ1) is 15.0. The number of carbonyl (C=O) groups is 1. The molecule has 1 heterocycles. The molecular weight excluding hydrogens is 428 g/mol. The Hall–Kier alpha value is -1.36. The number of halogens is 1. The summed E-state index contributed by atoms with van der Waals surface area (Å²) in [6.07, 6.45) is 9.39. The van der Waals surface area contributed by atoms with Gasteiger partial charge in [-0.15, -0.1) is 22.9 Å². The summed E-state index contributed by atoms with van der Waals surface area (Å²) in [6.45, 7) is 2.24. The zero-order chi connectivity index (χ0) is 22.2. The number of carbonyl (C=O) groups excluding carboxylic acids is 1. The summed E-state index contributed by atoms with van der Waals surface area (Å²) in [4.78, 5) is 13.5. The molecule has 2 unspecified atom stereocenters. The van der Waals surface area contributed by atoms with Crippen molar-refractivity contribution in [3.63, 3.8) is 0 Å². The number of aliphatic hydroxyl groups is 1. The average Bonchev–Trinajstić information content (AvgIpc) is 3.35. The summed E-state index contributed by atoms with van der Waals surface area (Å²) in [5.74, 6) is 0.0996. The Labute approximate surface area is 195 Å². The number of unbranched alkanes of at least 4 members (excludes halogenated alkanes) is 3. The number of methoxy groups -OCH3 is 1. The maximum absolute atomic E-state index is 11.6. The third-order valence-electron chi connectivity index (χ3n) is 6.50. The summed E-state index contributed by atoms with van der Waals surface area (Å²) in [5.41, 5.74) is 2.59. The van der Waals surface area contributed by atoms with Crippen LogP contribution in [0.25, 0.3) is 0 Å². The van der Waals surface area contributed by atoms with Crippen LogP contribution in [-0.2, 0) is 17.6 Å². The molecule has 3 rings (SSSR count). The number of thiophene rings is 1. The second kappa shape index (κ2) is 12.0. The van der Waals surface area contributed by atoms with Gasteiger partial charge in [0, 0.05) is 16.2 Å². The van der Waals surface area contributed by atoms with E-state index in [0.29, 0.717) is 11.3 Å². The molecule has 4 atom stereocenters. The molecule has 5 heteroatoms. The van der Waals surface area contributed by atoms with Crippen LogP contribution in [0.5, 0.6) is 0 Å². The van der Waals surface area contributed by atoms with E-state index in [1.54, 1.807) is 0 Å². The van der Waals surface area contributed by atoms with Gasteiger partial charge < -0.3 is 9.84 Å². The predicted octanol–water partition coefficient (Wildman–Crippen LogP) is 6.75. The highest BCUT2D eigenvalue weighted by molar-refractivity contribution is 7.13. The molecule has 31 heavy (non-hydrogen) atoms. The number of rotatable bonds is 11. The molecule has 1 fully saturated rings. The topological polar surface area (TPSA) is 46.5 Å². The molecule has 1 aliphatic rings. The zero-order valence-electron chi connectivity index (χ0n) is 18.7. The van der Waals surface area contributed by atoms with E-state index < -0.39 is 0 Å². The van der Waals surface area contributed by atoms with Crippen LogP contribution in [0.1, 0.15) is 83.5 Å². The molecule has 170 valence electrons. The molecule has 1 saturated carbocycles. The van der Waals surface area contributed by atoms with Crippen LogP contribution in [0, 0.1) is 5.92 Å². The molecule has 3 nitrogen and oxygen atoms in total. The summed E-state index contributed by atoms with van der Waals surface area (Å²) in [5, 5.41) is 10.7. The zero-order valence-corrected chi connectivity index (χ0v) is 20.3. The fraction of sp³-hybridized carbons (Fsp3) is 0.577. The number of aryl methyl sites for hydroxylation is 2. The predicted molar refractivity (Wildman–Crippen MR) is 129 cm³/mol. The molecule has 0 saturated heterocycles. The van der Waals surface area contributed by atoms with Crippen molar-refractivity contribution in [3.8, 4) is 0 Å². The molecule has 0 radical (unpaired) electrons. The van der Waals surface area contributed by atoms with Gasteiger partial charge in [-0.05, 0) is 67.7 Å². The van der Waals surface area contributed by atoms with Crippen molar-refractivity contribution >= 4 is 28.9 Å². The van der Waals surface area contributed by atoms with Gasteiger partial charge in [-0.25, -0.2) is 4.79 Å². The largest absolute Gasteiger partial charge is 0.465 e. The van der Waals surface area contributed by atoms with E-state index in [1.807, 2.05) is 12.1 Å². The maximum Gasteiger partial charge on any atom is 0.348 e. The number of hydrogen-bond donors (Lipinski definition) is 1. The van der Waals surface area contributed by atoms with Gasteiger partial charge in [0.15, 0.2) is 0 Å². The van der Waals surface area contributed by atoms with E-state index in [0.717, 1.165) is 25.7 Å². The Kier molecular flexibility index (Phi) is 9.43. The van der Waals surface area contributed by atoms with Crippen molar-refractivity contribution in [3.05, 3.63) is 57.3 Å². The highest BCUT2D eigenvalue weighted by Gasteiger charge is 2.41. The lowest BCUT2D eigenvalue weighted by atomic mass is 9.84. The Morgan fingerprint density at radius 3 is 2.58 bits per heavy atom. The number of benzene rings is 1. The second-order valence-corrected chi connectivity index (χ2v) is 10.4. The van der Waals surface area contributed by atoms with Crippen LogP contribution in [0.15, 0.2) is 36.4 Å². The van der Waals surface area contributed by atoms with Crippen LogP contribution < -0.4 is 0 Å². The molecule has 0 spiro atoms. The number of hydrogen-bond acceptors (Lipinski definition) is 4. The number of alkyl halides is 1. The molecule has 1 aromatic carbocycles. The smallest absolute Gasteiger partial charge is 0.348 e. The SMILES string of the molecule is CCCCCCc1ccc(C2[C@@H](CCCc3ccc(C(=O)OC)s3)C(Cl)C[C@H]2O)cc1. The van der Waals surface area contributed by atoms with Gasteiger partial charge in [-0.1, -0.05) is 50.5 Å². The number of aliphatic hydroxyl groups excluding tert-OH is 1. The van der Waals surface area contributed by atoms with Crippen molar-refractivity contribution in [2.45, 2.75) is 82.1 Å². The fourth-order valence-electron chi connectivity index (χ4n) is 4.79. The average molecular weight is 463 g/mol. The Morgan fingerprint density at radius 2 is 1.87 bits per heavy atom. The number of ether oxygens (including phenoxy) is 1. The lowest BCUT2D eigenvalue weighted by molar-refractivity contribution is 0.0606. The van der Waals surface area contributed by atoms with Crippen molar-refractivity contribution in [2.24, 2.45) is 5.92 Å². The van der Waals surface area contributed by atoms with E-state index in [1.165, 1.54) is 60.1 Å². The van der Waals surface area contributed by atoms with E-state index >= 15 is 0 Å². The summed E-state index contributed by atoms with van der Waals surface area (Å²) >= 11 is 8.18. The Bertz CT molecular complexity index is 816. The summed E-state index contributed by atoms with van der Waals surface area (Å²) in [7, 11) is 1.41. The van der Waals surface area contributed by atoms with Crippen LogP contribution >= 0.6 is 22.9 Å². The first kappa shape index (κ1) is 24.3. The minimum atomic E-state index is -0.379. The highest BCUT2D eigenvalue weighted by Crippen LogP contribution is 2.45. The minimum absolute atomic E-state index is 0.00249. The van der Waals surface area contributed by atoms with Crippen LogP contribution in [-0.4, -0.2) is 29.7 Å². The lowest BCUT2D eigenvalue weighted by Gasteiger charge is -2.24. The molecule has 2 aromatic rings. The molecular formula is C26H35ClO3S. The molecule has 1 aromatic heterocycles. The molecule has 1 aliphatic carbocycles. The van der Waals surface area contributed by atoms with Gasteiger partial charge in [-0.3, -0.25) is 0 Å². The first-order valence-electron chi connectivity index (χ1n) is 11.6. The molecule has 0 amide bonds. The molecule has 0 aliphatic heterocycles. The van der Waals surface area contributed by atoms with Crippen molar-refractivity contribution in [2.75, 3.05) is 7.11 Å². The summed E-state index contributed by atoms with van der Waals surface area (Å²) < 4.78 is 4.79. The van der Waals surface area contributed by atoms with Crippen molar-refractivity contribution in [1.82, 2.24) is 0 Å². The minimum Gasteiger partial charge on any atom is -0.465 e. The van der Waals surface area contributed by atoms with Gasteiger partial charge in [0.1, 0.15) is 4.88 Å². The maximum atomic E-state index is 11.6. The van der Waals surface area contributed by atoms with E-state index in [2.05, 4.69) is 31.2 Å². The summed E-state index contributed by atoms with van der Waals surface area (Å²) in [6, 6.07) is 12.7. The quantitative estimate of drug-likeness (QED) is 0.228. The van der Waals surface area contributed by atoms with Gasteiger partial charge in [-0.2, -0.15) is 0 Å². The van der Waals surface area contributed by atoms with Crippen molar-refractivity contribution in [1.29, 1.82) is 0 Å². The highest BCUT2D eigenvalue weighted by atomic mass is 35.5. The second-order valence-electron chi connectivity index (χ2n) is 8.71. The van der Waals surface area contributed by atoms with Gasteiger partial charge in [0.05, 0.1) is 13.2 Å². The molecule has 1 N–H and O–H groups in total. The van der Waals surface area contributed by atoms with Gasteiger partial charge in [0.25, 0.3) is 0 Å². The fourth-order valence-corrected chi connectivity index (χ4v) is 6.22.